The quantitative estimate of drug-likeness (QED) is 0.638. The van der Waals surface area contributed by atoms with Gasteiger partial charge in [0, 0.05) is 37.5 Å². The molecule has 3 heterocycles. The van der Waals surface area contributed by atoms with Gasteiger partial charge in [0.1, 0.15) is 11.6 Å². The number of rotatable bonds is 4. The van der Waals surface area contributed by atoms with Crippen LogP contribution in [0, 0.1) is 18.6 Å². The third-order valence-electron chi connectivity index (χ3n) is 5.30. The summed E-state index contributed by atoms with van der Waals surface area (Å²) in [7, 11) is 1.37. The van der Waals surface area contributed by atoms with Gasteiger partial charge in [0.2, 0.25) is 5.78 Å². The Balaban J connectivity index is 1.82. The first-order valence-corrected chi connectivity index (χ1v) is 9.94. The number of halogens is 2. The number of imidazole rings is 1. The molecule has 1 atom stereocenters. The van der Waals surface area contributed by atoms with Crippen LogP contribution in [0.25, 0.3) is 17.0 Å². The van der Waals surface area contributed by atoms with E-state index in [-0.39, 0.29) is 48.7 Å². The van der Waals surface area contributed by atoms with Gasteiger partial charge < -0.3 is 20.1 Å². The van der Waals surface area contributed by atoms with Crippen LogP contribution in [0.4, 0.5) is 13.6 Å². The second-order valence-corrected chi connectivity index (χ2v) is 7.47. The molecule has 11 heteroatoms. The first-order chi connectivity index (χ1) is 15.3. The van der Waals surface area contributed by atoms with Crippen LogP contribution in [0.1, 0.15) is 21.7 Å². The molecule has 0 bridgehead atoms. The standard InChI is InChI=1S/C21H21F2N5O4/c1-11-3-4-28-18(17-14(22)7-12(8-15(17)23)19(29)24-2)16(26-20(28)25-11)9-13-10-27(21(30)31)5-6-32-13/h3-4,7-8,13H,5-6,9-10H2,1-2H3,(H,24,29)(H,30,31)/t13-/m0/s1. The first-order valence-electron chi connectivity index (χ1n) is 9.94. The van der Waals surface area contributed by atoms with E-state index < -0.39 is 29.7 Å². The van der Waals surface area contributed by atoms with Crippen molar-refractivity contribution in [3.63, 3.8) is 0 Å². The maximum atomic E-state index is 15.1. The fourth-order valence-electron chi connectivity index (χ4n) is 3.78. The molecule has 2 amide bonds. The molecule has 1 aromatic carbocycles. The lowest BCUT2D eigenvalue weighted by Crippen LogP contribution is -2.45. The van der Waals surface area contributed by atoms with Crippen molar-refractivity contribution in [3.05, 3.63) is 53.0 Å². The molecular formula is C21H21F2N5O4. The zero-order valence-electron chi connectivity index (χ0n) is 17.4. The predicted octanol–water partition coefficient (Wildman–Crippen LogP) is 2.26. The fraction of sp³-hybridized carbons (Fsp3) is 0.333. The average molecular weight is 445 g/mol. The van der Waals surface area contributed by atoms with Crippen molar-refractivity contribution in [1.82, 2.24) is 24.6 Å². The summed E-state index contributed by atoms with van der Waals surface area (Å²) in [6.07, 6.45) is 0.131. The Labute approximate surface area is 181 Å². The van der Waals surface area contributed by atoms with Gasteiger partial charge in [-0.15, -0.1) is 0 Å². The molecule has 1 aliphatic heterocycles. The third kappa shape index (κ3) is 3.98. The van der Waals surface area contributed by atoms with Crippen LogP contribution in [0.2, 0.25) is 0 Å². The highest BCUT2D eigenvalue weighted by Gasteiger charge is 2.29. The molecule has 32 heavy (non-hydrogen) atoms. The SMILES string of the molecule is CNC(=O)c1cc(F)c(-c2c(C[C@H]3CN(C(=O)O)CCO3)nc3nc(C)ccn23)c(F)c1. The summed E-state index contributed by atoms with van der Waals surface area (Å²) in [5.74, 6) is -2.22. The van der Waals surface area contributed by atoms with Crippen LogP contribution in [-0.4, -0.2) is 69.2 Å². The highest BCUT2D eigenvalue weighted by molar-refractivity contribution is 5.94. The highest BCUT2D eigenvalue weighted by atomic mass is 19.1. The predicted molar refractivity (Wildman–Crippen MR) is 110 cm³/mol. The number of benzene rings is 1. The van der Waals surface area contributed by atoms with Crippen molar-refractivity contribution in [3.8, 4) is 11.3 Å². The molecule has 1 saturated heterocycles. The monoisotopic (exact) mass is 445 g/mol. The van der Waals surface area contributed by atoms with E-state index >= 15 is 8.78 Å². The van der Waals surface area contributed by atoms with Gasteiger partial charge in [-0.2, -0.15) is 0 Å². The molecule has 0 unspecified atom stereocenters. The Hall–Kier alpha value is -3.60. The summed E-state index contributed by atoms with van der Waals surface area (Å²) in [5, 5.41) is 11.6. The van der Waals surface area contributed by atoms with E-state index in [0.29, 0.717) is 11.4 Å². The average Bonchev–Trinajstić information content (AvgIpc) is 3.09. The van der Waals surface area contributed by atoms with Crippen LogP contribution in [0.3, 0.4) is 0 Å². The molecule has 2 aromatic heterocycles. The molecule has 1 aliphatic rings. The van der Waals surface area contributed by atoms with Crippen molar-refractivity contribution in [2.24, 2.45) is 0 Å². The fourth-order valence-corrected chi connectivity index (χ4v) is 3.78. The molecule has 4 rings (SSSR count). The number of carbonyl (C=O) groups is 2. The zero-order chi connectivity index (χ0) is 23.0. The van der Waals surface area contributed by atoms with Crippen molar-refractivity contribution in [1.29, 1.82) is 0 Å². The number of aromatic nitrogens is 3. The number of carbonyl (C=O) groups excluding carboxylic acids is 1. The van der Waals surface area contributed by atoms with Gasteiger partial charge in [-0.25, -0.2) is 23.5 Å². The topological polar surface area (TPSA) is 109 Å². The summed E-state index contributed by atoms with van der Waals surface area (Å²) in [6, 6.07) is 3.61. The summed E-state index contributed by atoms with van der Waals surface area (Å²) in [4.78, 5) is 33.2. The lowest BCUT2D eigenvalue weighted by Gasteiger charge is -2.30. The molecule has 0 saturated carbocycles. The third-order valence-corrected chi connectivity index (χ3v) is 5.30. The minimum Gasteiger partial charge on any atom is -0.465 e. The molecular weight excluding hydrogens is 424 g/mol. The second-order valence-electron chi connectivity index (χ2n) is 7.47. The van der Waals surface area contributed by atoms with Gasteiger partial charge in [0.25, 0.3) is 5.91 Å². The summed E-state index contributed by atoms with van der Waals surface area (Å²) < 4.78 is 37.4. The van der Waals surface area contributed by atoms with Crippen LogP contribution in [-0.2, 0) is 11.2 Å². The van der Waals surface area contributed by atoms with Gasteiger partial charge in [-0.1, -0.05) is 0 Å². The number of hydrogen-bond donors (Lipinski definition) is 2. The smallest absolute Gasteiger partial charge is 0.407 e. The Morgan fingerprint density at radius 3 is 2.66 bits per heavy atom. The van der Waals surface area contributed by atoms with Crippen molar-refractivity contribution in [2.75, 3.05) is 26.7 Å². The number of nitrogens with one attached hydrogen (secondary N) is 1. The van der Waals surface area contributed by atoms with Crippen LogP contribution < -0.4 is 5.32 Å². The maximum Gasteiger partial charge on any atom is 0.407 e. The molecule has 0 spiro atoms. The largest absolute Gasteiger partial charge is 0.465 e. The first kappa shape index (κ1) is 21.6. The van der Waals surface area contributed by atoms with E-state index in [9.17, 15) is 14.7 Å². The van der Waals surface area contributed by atoms with Gasteiger partial charge in [0.15, 0.2) is 0 Å². The van der Waals surface area contributed by atoms with Crippen molar-refractivity contribution >= 4 is 17.8 Å². The molecule has 0 radical (unpaired) electrons. The highest BCUT2D eigenvalue weighted by Crippen LogP contribution is 2.32. The Bertz CT molecular complexity index is 1190. The summed E-state index contributed by atoms with van der Waals surface area (Å²) in [5.41, 5.74) is 0.621. The Morgan fingerprint density at radius 1 is 1.28 bits per heavy atom. The normalized spacial score (nSPS) is 16.4. The Kier molecular flexibility index (Phi) is 5.74. The van der Waals surface area contributed by atoms with Gasteiger partial charge in [0.05, 0.1) is 36.2 Å². The number of nitrogens with zero attached hydrogens (tertiary/aromatic N) is 4. The number of aryl methyl sites for hydroxylation is 1. The Morgan fingerprint density at radius 2 is 2.00 bits per heavy atom. The van der Waals surface area contributed by atoms with Crippen LogP contribution in [0.15, 0.2) is 24.4 Å². The molecule has 9 nitrogen and oxygen atoms in total. The van der Waals surface area contributed by atoms with E-state index in [1.165, 1.54) is 16.3 Å². The minimum atomic E-state index is -1.06. The minimum absolute atomic E-state index is 0.107. The lowest BCUT2D eigenvalue weighted by molar-refractivity contribution is -0.0213. The second kappa shape index (κ2) is 8.50. The van der Waals surface area contributed by atoms with E-state index in [4.69, 9.17) is 4.74 Å². The van der Waals surface area contributed by atoms with E-state index in [1.807, 2.05) is 0 Å². The number of morpholine rings is 1. The maximum absolute atomic E-state index is 15.1. The summed E-state index contributed by atoms with van der Waals surface area (Å²) in [6.45, 7) is 2.33. The molecule has 3 aromatic rings. The number of hydrogen-bond acceptors (Lipinski definition) is 5. The van der Waals surface area contributed by atoms with Gasteiger partial charge in [-0.05, 0) is 25.1 Å². The van der Waals surface area contributed by atoms with Gasteiger partial charge >= 0.3 is 6.09 Å². The molecule has 0 aliphatic carbocycles. The number of carboxylic acid groups (broad SMARTS) is 1. The molecule has 2 N–H and O–H groups in total. The number of fused-ring (bicyclic) bond motifs is 1. The van der Waals surface area contributed by atoms with E-state index in [1.54, 1.807) is 19.2 Å². The molecule has 168 valence electrons. The van der Waals surface area contributed by atoms with Crippen LogP contribution in [0.5, 0.6) is 0 Å². The van der Waals surface area contributed by atoms with Gasteiger partial charge in [-0.3, -0.25) is 9.20 Å². The zero-order valence-corrected chi connectivity index (χ0v) is 17.4. The number of amides is 2. The van der Waals surface area contributed by atoms with Crippen molar-refractivity contribution < 1.29 is 28.2 Å². The number of ether oxygens (including phenoxy) is 1. The van der Waals surface area contributed by atoms with Crippen molar-refractivity contribution in [2.45, 2.75) is 19.4 Å². The van der Waals surface area contributed by atoms with E-state index in [0.717, 1.165) is 12.1 Å². The lowest BCUT2D eigenvalue weighted by atomic mass is 10.0. The van der Waals surface area contributed by atoms with Crippen LogP contribution >= 0.6 is 0 Å². The van der Waals surface area contributed by atoms with E-state index in [2.05, 4.69) is 15.3 Å². The molecule has 1 fully saturated rings. The summed E-state index contributed by atoms with van der Waals surface area (Å²) >= 11 is 0.